The number of rotatable bonds is 8. The van der Waals surface area contributed by atoms with E-state index >= 15 is 0 Å². The Morgan fingerprint density at radius 2 is 1.48 bits per heavy atom. The van der Waals surface area contributed by atoms with Gasteiger partial charge in [0.1, 0.15) is 11.5 Å². The molecule has 3 aromatic rings. The van der Waals surface area contributed by atoms with Crippen LogP contribution in [0, 0.1) is 0 Å². The van der Waals surface area contributed by atoms with Gasteiger partial charge in [-0.1, -0.05) is 0 Å². The molecule has 142 valence electrons. The van der Waals surface area contributed by atoms with Crippen LogP contribution in [-0.4, -0.2) is 32.4 Å². The van der Waals surface area contributed by atoms with Gasteiger partial charge in [-0.3, -0.25) is 4.98 Å². The molecule has 0 amide bonds. The highest BCUT2D eigenvalue weighted by Gasteiger charge is 2.12. The van der Waals surface area contributed by atoms with Gasteiger partial charge in [-0.15, -0.1) is 0 Å². The van der Waals surface area contributed by atoms with Gasteiger partial charge in [0.15, 0.2) is 11.5 Å². The molecule has 0 bridgehead atoms. The highest BCUT2D eigenvalue weighted by molar-refractivity contribution is 5.95. The van der Waals surface area contributed by atoms with E-state index in [1.54, 1.807) is 20.4 Å². The summed E-state index contributed by atoms with van der Waals surface area (Å²) in [6.07, 6.45) is 1.76. The molecule has 0 aliphatic carbocycles. The summed E-state index contributed by atoms with van der Waals surface area (Å²) in [6.45, 7) is 5.02. The van der Waals surface area contributed by atoms with Crippen molar-refractivity contribution in [1.29, 1.82) is 0 Å². The molecule has 0 saturated carbocycles. The number of hydrogen-bond acceptors (Lipinski definition) is 6. The second kappa shape index (κ2) is 8.49. The van der Waals surface area contributed by atoms with Gasteiger partial charge >= 0.3 is 0 Å². The number of anilines is 2. The summed E-state index contributed by atoms with van der Waals surface area (Å²) in [5, 5.41) is 4.36. The number of benzene rings is 2. The van der Waals surface area contributed by atoms with E-state index in [-0.39, 0.29) is 0 Å². The van der Waals surface area contributed by atoms with Crippen LogP contribution in [0.5, 0.6) is 23.0 Å². The van der Waals surface area contributed by atoms with Crippen molar-refractivity contribution < 1.29 is 18.9 Å². The van der Waals surface area contributed by atoms with Crippen LogP contribution in [0.2, 0.25) is 0 Å². The lowest BCUT2D eigenvalue weighted by Crippen LogP contribution is -2.00. The molecule has 0 unspecified atom stereocenters. The van der Waals surface area contributed by atoms with Crippen LogP contribution in [0.25, 0.3) is 10.9 Å². The maximum atomic E-state index is 5.76. The first-order valence-electron chi connectivity index (χ1n) is 8.87. The number of methoxy groups -OCH3 is 2. The maximum Gasteiger partial charge on any atom is 0.163 e. The van der Waals surface area contributed by atoms with Gasteiger partial charge < -0.3 is 24.3 Å². The van der Waals surface area contributed by atoms with Crippen LogP contribution in [0.3, 0.4) is 0 Å². The summed E-state index contributed by atoms with van der Waals surface area (Å²) in [7, 11) is 3.26. The summed E-state index contributed by atoms with van der Waals surface area (Å²) < 4.78 is 22.1. The molecular weight excluding hydrogens is 344 g/mol. The molecule has 0 aliphatic heterocycles. The lowest BCUT2D eigenvalue weighted by Gasteiger charge is -2.15. The maximum absolute atomic E-state index is 5.76. The van der Waals surface area contributed by atoms with Gasteiger partial charge in [0.05, 0.1) is 33.0 Å². The highest BCUT2D eigenvalue weighted by Crippen LogP contribution is 2.36. The molecule has 2 aromatic carbocycles. The minimum absolute atomic E-state index is 0.557. The van der Waals surface area contributed by atoms with E-state index in [4.69, 9.17) is 18.9 Å². The number of ether oxygens (including phenoxy) is 4. The van der Waals surface area contributed by atoms with Crippen molar-refractivity contribution in [3.63, 3.8) is 0 Å². The lowest BCUT2D eigenvalue weighted by atomic mass is 10.1. The molecule has 1 N–H and O–H groups in total. The molecule has 3 rings (SSSR count). The first kappa shape index (κ1) is 18.6. The van der Waals surface area contributed by atoms with Crippen molar-refractivity contribution in [2.45, 2.75) is 13.8 Å². The molecule has 6 nitrogen and oxygen atoms in total. The van der Waals surface area contributed by atoms with Gasteiger partial charge in [0, 0.05) is 47.2 Å². The molecule has 0 saturated heterocycles. The number of fused-ring (bicyclic) bond motifs is 1. The zero-order chi connectivity index (χ0) is 19.2. The molecule has 0 atom stereocenters. The van der Waals surface area contributed by atoms with E-state index in [9.17, 15) is 0 Å². The van der Waals surface area contributed by atoms with E-state index in [1.165, 1.54) is 0 Å². The number of pyridine rings is 1. The van der Waals surface area contributed by atoms with E-state index in [0.29, 0.717) is 36.2 Å². The van der Waals surface area contributed by atoms with E-state index in [0.717, 1.165) is 22.3 Å². The summed E-state index contributed by atoms with van der Waals surface area (Å²) in [6, 6.07) is 11.4. The fraction of sp³-hybridized carbons (Fsp3) is 0.286. The normalized spacial score (nSPS) is 10.5. The fourth-order valence-corrected chi connectivity index (χ4v) is 2.83. The fourth-order valence-electron chi connectivity index (χ4n) is 2.83. The number of aromatic nitrogens is 1. The molecular formula is C21H24N2O4. The molecule has 0 radical (unpaired) electrons. The Hall–Kier alpha value is -3.15. The average molecular weight is 368 g/mol. The predicted octanol–water partition coefficient (Wildman–Crippen LogP) is 4.79. The first-order chi connectivity index (χ1) is 13.2. The zero-order valence-electron chi connectivity index (χ0n) is 16.0. The Morgan fingerprint density at radius 1 is 0.852 bits per heavy atom. The van der Waals surface area contributed by atoms with Crippen molar-refractivity contribution in [2.24, 2.45) is 0 Å². The van der Waals surface area contributed by atoms with Crippen LogP contribution < -0.4 is 24.3 Å². The van der Waals surface area contributed by atoms with Crippen molar-refractivity contribution in [3.8, 4) is 23.0 Å². The monoisotopic (exact) mass is 368 g/mol. The van der Waals surface area contributed by atoms with Crippen molar-refractivity contribution >= 4 is 22.3 Å². The third-order valence-electron chi connectivity index (χ3n) is 4.04. The molecule has 0 spiro atoms. The highest BCUT2D eigenvalue weighted by atomic mass is 16.5. The predicted molar refractivity (Wildman–Crippen MR) is 107 cm³/mol. The second-order valence-electron chi connectivity index (χ2n) is 5.77. The Labute approximate surface area is 159 Å². The van der Waals surface area contributed by atoms with Crippen LogP contribution >= 0.6 is 0 Å². The van der Waals surface area contributed by atoms with Gasteiger partial charge in [-0.05, 0) is 26.0 Å². The van der Waals surface area contributed by atoms with Crippen molar-refractivity contribution in [3.05, 3.63) is 42.6 Å². The molecule has 1 heterocycles. The Kier molecular flexibility index (Phi) is 5.86. The smallest absolute Gasteiger partial charge is 0.163 e. The summed E-state index contributed by atoms with van der Waals surface area (Å²) >= 11 is 0. The van der Waals surface area contributed by atoms with E-state index in [1.807, 2.05) is 50.2 Å². The SMILES string of the molecule is CCOc1cc2nccc(Nc3cc(OC)cc(OC)c3)c2cc1OCC. The van der Waals surface area contributed by atoms with Gasteiger partial charge in [0.25, 0.3) is 0 Å². The summed E-state index contributed by atoms with van der Waals surface area (Å²) in [5.74, 6) is 2.82. The minimum Gasteiger partial charge on any atom is -0.497 e. The van der Waals surface area contributed by atoms with E-state index < -0.39 is 0 Å². The second-order valence-corrected chi connectivity index (χ2v) is 5.77. The average Bonchev–Trinajstić information content (AvgIpc) is 2.69. The minimum atomic E-state index is 0.557. The summed E-state index contributed by atoms with van der Waals surface area (Å²) in [4.78, 5) is 4.47. The topological polar surface area (TPSA) is 61.8 Å². The van der Waals surface area contributed by atoms with E-state index in [2.05, 4.69) is 10.3 Å². The largest absolute Gasteiger partial charge is 0.497 e. The van der Waals surface area contributed by atoms with Gasteiger partial charge in [-0.25, -0.2) is 0 Å². The Bertz CT molecular complexity index is 905. The lowest BCUT2D eigenvalue weighted by molar-refractivity contribution is 0.288. The van der Waals surface area contributed by atoms with Crippen molar-refractivity contribution in [1.82, 2.24) is 4.98 Å². The molecule has 1 aromatic heterocycles. The van der Waals surface area contributed by atoms with Crippen molar-refractivity contribution in [2.75, 3.05) is 32.8 Å². The van der Waals surface area contributed by atoms with Gasteiger partial charge in [0.2, 0.25) is 0 Å². The zero-order valence-corrected chi connectivity index (χ0v) is 16.0. The number of nitrogens with zero attached hydrogens (tertiary/aromatic N) is 1. The molecule has 0 fully saturated rings. The Morgan fingerprint density at radius 3 is 2.07 bits per heavy atom. The number of hydrogen-bond donors (Lipinski definition) is 1. The number of nitrogens with one attached hydrogen (secondary N) is 1. The molecule has 6 heteroatoms. The third-order valence-corrected chi connectivity index (χ3v) is 4.04. The summed E-state index contributed by atoms with van der Waals surface area (Å²) in [5.41, 5.74) is 2.58. The van der Waals surface area contributed by atoms with Crippen LogP contribution in [-0.2, 0) is 0 Å². The third kappa shape index (κ3) is 4.16. The quantitative estimate of drug-likeness (QED) is 0.617. The van der Waals surface area contributed by atoms with Crippen LogP contribution in [0.1, 0.15) is 13.8 Å². The standard InChI is InChI=1S/C21H24N2O4/c1-5-26-20-12-17-18(7-8-22-19(17)13-21(20)27-6-2)23-14-9-15(24-3)11-16(10-14)25-4/h7-13H,5-6H2,1-4H3,(H,22,23). The molecule has 27 heavy (non-hydrogen) atoms. The van der Waals surface area contributed by atoms with Crippen LogP contribution in [0.4, 0.5) is 11.4 Å². The van der Waals surface area contributed by atoms with Crippen LogP contribution in [0.15, 0.2) is 42.6 Å². The first-order valence-corrected chi connectivity index (χ1v) is 8.87. The Balaban J connectivity index is 2.05. The molecule has 0 aliphatic rings. The van der Waals surface area contributed by atoms with Gasteiger partial charge in [-0.2, -0.15) is 0 Å².